The van der Waals surface area contributed by atoms with Crippen LogP contribution in [0, 0.1) is 0 Å². The number of aliphatic hydroxyl groups excluding tert-OH is 1. The van der Waals surface area contributed by atoms with Crippen molar-refractivity contribution in [1.29, 1.82) is 0 Å². The van der Waals surface area contributed by atoms with E-state index in [0.29, 0.717) is 15.9 Å². The molecule has 0 spiro atoms. The van der Waals surface area contributed by atoms with Crippen LogP contribution in [0.3, 0.4) is 0 Å². The zero-order chi connectivity index (χ0) is 10.1. The van der Waals surface area contributed by atoms with Gasteiger partial charge in [-0.25, -0.2) is 9.97 Å². The fourth-order valence-electron chi connectivity index (χ4n) is 0.982. The number of hydrogen-bond donors (Lipinski definition) is 1. The van der Waals surface area contributed by atoms with E-state index in [1.54, 1.807) is 0 Å². The molecule has 0 bridgehead atoms. The average Bonchev–Trinajstić information content (AvgIpc) is 2.03. The van der Waals surface area contributed by atoms with Gasteiger partial charge >= 0.3 is 0 Å². The van der Waals surface area contributed by atoms with E-state index < -0.39 is 5.41 Å². The molecule has 72 valence electrons. The Kier molecular flexibility index (Phi) is 3.11. The smallest absolute Gasteiger partial charge is 0.137 e. The zero-order valence-electron chi connectivity index (χ0n) is 7.38. The molecule has 1 aromatic rings. The van der Waals surface area contributed by atoms with Crippen molar-refractivity contribution in [3.8, 4) is 0 Å². The molecular weight excluding hydrogens is 211 g/mol. The molecule has 0 aliphatic carbocycles. The second-order valence-corrected chi connectivity index (χ2v) is 4.09. The quantitative estimate of drug-likeness (QED) is 0.777. The number of aliphatic hydroxyl groups is 1. The van der Waals surface area contributed by atoms with Crippen LogP contribution >= 0.6 is 23.2 Å². The molecule has 0 saturated carbocycles. The third-order valence-corrected chi connectivity index (χ3v) is 2.40. The number of nitrogens with zero attached hydrogens (tertiary/aromatic N) is 2. The van der Waals surface area contributed by atoms with Crippen LogP contribution in [0.15, 0.2) is 6.33 Å². The molecule has 0 aliphatic heterocycles. The van der Waals surface area contributed by atoms with Gasteiger partial charge in [0.2, 0.25) is 0 Å². The first-order valence-corrected chi connectivity index (χ1v) is 4.52. The minimum absolute atomic E-state index is 0.0557. The molecule has 3 nitrogen and oxygen atoms in total. The van der Waals surface area contributed by atoms with Gasteiger partial charge in [-0.05, 0) is 0 Å². The number of aromatic nitrogens is 2. The highest BCUT2D eigenvalue weighted by Crippen LogP contribution is 2.32. The lowest BCUT2D eigenvalue weighted by Crippen LogP contribution is -2.23. The van der Waals surface area contributed by atoms with Gasteiger partial charge in [-0.3, -0.25) is 0 Å². The highest BCUT2D eigenvalue weighted by atomic mass is 35.5. The van der Waals surface area contributed by atoms with E-state index in [0.717, 1.165) is 0 Å². The van der Waals surface area contributed by atoms with Gasteiger partial charge in [0.05, 0.1) is 6.61 Å². The van der Waals surface area contributed by atoms with Crippen molar-refractivity contribution in [3.63, 3.8) is 0 Å². The summed E-state index contributed by atoms with van der Waals surface area (Å²) >= 11 is 11.7. The number of halogens is 2. The normalized spacial score (nSPS) is 11.8. The summed E-state index contributed by atoms with van der Waals surface area (Å²) in [5, 5.41) is 9.71. The summed E-state index contributed by atoms with van der Waals surface area (Å²) in [6.07, 6.45) is 1.29. The van der Waals surface area contributed by atoms with Crippen LogP contribution in [0.1, 0.15) is 19.4 Å². The molecule has 5 heteroatoms. The molecule has 0 unspecified atom stereocenters. The third-order valence-electron chi connectivity index (χ3n) is 1.83. The Morgan fingerprint density at radius 3 is 2.15 bits per heavy atom. The van der Waals surface area contributed by atoms with Gasteiger partial charge in [-0.15, -0.1) is 0 Å². The monoisotopic (exact) mass is 220 g/mol. The summed E-state index contributed by atoms with van der Waals surface area (Å²) in [7, 11) is 0. The molecule has 0 saturated heterocycles. The summed E-state index contributed by atoms with van der Waals surface area (Å²) in [5.74, 6) is 0. The van der Waals surface area contributed by atoms with Crippen molar-refractivity contribution in [2.75, 3.05) is 6.61 Å². The van der Waals surface area contributed by atoms with Crippen LogP contribution in [0.5, 0.6) is 0 Å². The van der Waals surface area contributed by atoms with Crippen molar-refractivity contribution < 1.29 is 5.11 Å². The molecule has 1 heterocycles. The molecule has 0 atom stereocenters. The Morgan fingerprint density at radius 2 is 1.77 bits per heavy atom. The molecule has 1 aromatic heterocycles. The Labute approximate surface area is 86.7 Å². The summed E-state index contributed by atoms with van der Waals surface area (Å²) in [5.41, 5.74) is 0.0657. The second-order valence-electron chi connectivity index (χ2n) is 3.37. The molecule has 0 aliphatic rings. The van der Waals surface area contributed by atoms with E-state index in [9.17, 15) is 0 Å². The fraction of sp³-hybridized carbons (Fsp3) is 0.500. The van der Waals surface area contributed by atoms with Gasteiger partial charge in [-0.1, -0.05) is 37.0 Å². The summed E-state index contributed by atoms with van der Waals surface area (Å²) in [4.78, 5) is 7.63. The maximum absolute atomic E-state index is 9.12. The Morgan fingerprint density at radius 1 is 1.31 bits per heavy atom. The predicted octanol–water partition coefficient (Wildman–Crippen LogP) is 2.05. The van der Waals surface area contributed by atoms with E-state index in [2.05, 4.69) is 9.97 Å². The van der Waals surface area contributed by atoms with Gasteiger partial charge in [-0.2, -0.15) is 0 Å². The summed E-state index contributed by atoms with van der Waals surface area (Å²) in [6.45, 7) is 3.59. The van der Waals surface area contributed by atoms with Crippen LogP contribution < -0.4 is 0 Å². The molecule has 0 fully saturated rings. The molecule has 0 aromatic carbocycles. The van der Waals surface area contributed by atoms with E-state index in [1.807, 2.05) is 13.8 Å². The first kappa shape index (κ1) is 10.7. The van der Waals surface area contributed by atoms with Gasteiger partial charge in [0.25, 0.3) is 0 Å². The topological polar surface area (TPSA) is 46.0 Å². The van der Waals surface area contributed by atoms with Crippen molar-refractivity contribution >= 4 is 23.2 Å². The van der Waals surface area contributed by atoms with Crippen molar-refractivity contribution in [2.24, 2.45) is 0 Å². The third kappa shape index (κ3) is 2.10. The largest absolute Gasteiger partial charge is 0.395 e. The lowest BCUT2D eigenvalue weighted by molar-refractivity contribution is 0.218. The molecule has 1 rings (SSSR count). The van der Waals surface area contributed by atoms with E-state index in [1.165, 1.54) is 6.33 Å². The van der Waals surface area contributed by atoms with Crippen molar-refractivity contribution in [2.45, 2.75) is 19.3 Å². The SMILES string of the molecule is CC(C)(CO)c1c(Cl)ncnc1Cl. The predicted molar refractivity (Wildman–Crippen MR) is 52.2 cm³/mol. The van der Waals surface area contributed by atoms with Crippen molar-refractivity contribution in [3.05, 3.63) is 22.2 Å². The Hall–Kier alpha value is -0.380. The Balaban J connectivity index is 3.28. The van der Waals surface area contributed by atoms with Gasteiger partial charge in [0.15, 0.2) is 0 Å². The minimum atomic E-state index is -0.518. The molecule has 13 heavy (non-hydrogen) atoms. The molecule has 0 radical (unpaired) electrons. The van der Waals surface area contributed by atoms with E-state index in [4.69, 9.17) is 28.3 Å². The number of hydrogen-bond acceptors (Lipinski definition) is 3. The lowest BCUT2D eigenvalue weighted by Gasteiger charge is -2.23. The zero-order valence-corrected chi connectivity index (χ0v) is 8.89. The van der Waals surface area contributed by atoms with Crippen LogP contribution in [-0.2, 0) is 5.41 Å². The summed E-state index contributed by atoms with van der Waals surface area (Å²) < 4.78 is 0. The first-order chi connectivity index (χ1) is 5.99. The summed E-state index contributed by atoms with van der Waals surface area (Å²) in [6, 6.07) is 0. The highest BCUT2D eigenvalue weighted by Gasteiger charge is 2.26. The molecule has 0 amide bonds. The average molecular weight is 221 g/mol. The lowest BCUT2D eigenvalue weighted by atomic mass is 9.87. The maximum atomic E-state index is 9.12. The van der Waals surface area contributed by atoms with Crippen molar-refractivity contribution in [1.82, 2.24) is 9.97 Å². The second kappa shape index (κ2) is 3.78. The first-order valence-electron chi connectivity index (χ1n) is 3.76. The van der Waals surface area contributed by atoms with Crippen LogP contribution in [0.4, 0.5) is 0 Å². The van der Waals surface area contributed by atoms with Gasteiger partial charge in [0, 0.05) is 11.0 Å². The Bertz CT molecular complexity index is 295. The van der Waals surface area contributed by atoms with Crippen LogP contribution in [0.25, 0.3) is 0 Å². The maximum Gasteiger partial charge on any atom is 0.137 e. The fourth-order valence-corrected chi connectivity index (χ4v) is 1.81. The van der Waals surface area contributed by atoms with Crippen LogP contribution in [-0.4, -0.2) is 21.7 Å². The molecular formula is C8H10Cl2N2O. The van der Waals surface area contributed by atoms with E-state index in [-0.39, 0.29) is 6.61 Å². The van der Waals surface area contributed by atoms with Gasteiger partial charge < -0.3 is 5.11 Å². The molecule has 1 N–H and O–H groups in total. The van der Waals surface area contributed by atoms with Gasteiger partial charge in [0.1, 0.15) is 16.6 Å². The minimum Gasteiger partial charge on any atom is -0.395 e. The highest BCUT2D eigenvalue weighted by molar-refractivity contribution is 6.34. The van der Waals surface area contributed by atoms with Crippen LogP contribution in [0.2, 0.25) is 10.3 Å². The number of rotatable bonds is 2. The standard InChI is InChI=1S/C8H10Cl2N2O/c1-8(2,3-13)5-6(9)11-4-12-7(5)10/h4,13H,3H2,1-2H3. The van der Waals surface area contributed by atoms with E-state index >= 15 is 0 Å².